The minimum atomic E-state index is -0.447. The number of aromatic nitrogens is 3. The average molecular weight is 589 g/mol. The second kappa shape index (κ2) is 8.71. The molecule has 0 N–H and O–H groups in total. The minimum Gasteiger partial charge on any atom is -0.292 e. The van der Waals surface area contributed by atoms with E-state index >= 15 is 0 Å². The predicted molar refractivity (Wildman–Crippen MR) is 185 cm³/mol. The van der Waals surface area contributed by atoms with Crippen LogP contribution in [0.2, 0.25) is 0 Å². The summed E-state index contributed by atoms with van der Waals surface area (Å²) in [4.78, 5) is 10.1. The lowest BCUT2D eigenvalue weighted by Crippen LogP contribution is -2.01. The van der Waals surface area contributed by atoms with E-state index in [-0.39, 0.29) is 23.5 Å². The molecule has 43 heavy (non-hydrogen) atoms. The first kappa shape index (κ1) is 19.2. The second-order valence-corrected chi connectivity index (χ2v) is 12.7. The molecule has 0 aliphatic heterocycles. The molecule has 4 aromatic heterocycles. The van der Waals surface area contributed by atoms with Crippen LogP contribution >= 0.6 is 22.7 Å². The molecule has 5 heteroatoms. The first-order valence-corrected chi connectivity index (χ1v) is 15.6. The van der Waals surface area contributed by atoms with E-state index < -0.39 is 18.1 Å². The number of fused-ring (bicyclic) bond motifs is 13. The highest BCUT2D eigenvalue weighted by molar-refractivity contribution is 7.27. The molecule has 0 fully saturated rings. The van der Waals surface area contributed by atoms with Crippen LogP contribution in [-0.2, 0) is 0 Å². The van der Waals surface area contributed by atoms with E-state index in [1.165, 1.54) is 20.2 Å². The van der Waals surface area contributed by atoms with Crippen LogP contribution in [0.5, 0.6) is 0 Å². The summed E-state index contributed by atoms with van der Waals surface area (Å²) in [5.74, 6) is 0.702. The maximum absolute atomic E-state index is 8.82. The molecule has 0 radical (unpaired) electrons. The molecule has 3 nitrogen and oxygen atoms in total. The van der Waals surface area contributed by atoms with Gasteiger partial charge in [0.05, 0.1) is 28.1 Å². The number of thiophene rings is 2. The number of hydrogen-bond donors (Lipinski definition) is 0. The third-order valence-corrected chi connectivity index (χ3v) is 10.6. The molecular weight excluding hydrogens is 563 g/mol. The zero-order chi connectivity index (χ0) is 32.4. The Bertz CT molecular complexity index is 3000. The fourth-order valence-corrected chi connectivity index (χ4v) is 8.91. The van der Waals surface area contributed by atoms with Crippen LogP contribution in [0, 0.1) is 0 Å². The van der Waals surface area contributed by atoms with Gasteiger partial charge in [-0.3, -0.25) is 4.57 Å². The first-order valence-electron chi connectivity index (χ1n) is 16.4. The Balaban J connectivity index is 1.47. The van der Waals surface area contributed by atoms with Crippen LogP contribution < -0.4 is 0 Å². The molecule has 10 aromatic rings. The molecule has 0 atom stereocenters. The van der Waals surface area contributed by atoms with Crippen molar-refractivity contribution in [2.45, 2.75) is 0 Å². The van der Waals surface area contributed by atoms with Crippen LogP contribution in [0.1, 0.15) is 6.85 Å². The molecule has 0 aliphatic rings. The third-order valence-electron chi connectivity index (χ3n) is 8.28. The fraction of sp³-hybridized carbons (Fsp3) is 0. The van der Waals surface area contributed by atoms with Gasteiger partial charge in [-0.1, -0.05) is 109 Å². The third kappa shape index (κ3) is 3.18. The molecule has 0 spiro atoms. The summed E-state index contributed by atoms with van der Waals surface area (Å²) in [7, 11) is 0. The summed E-state index contributed by atoms with van der Waals surface area (Å²) in [6.07, 6.45) is 0. The van der Waals surface area contributed by atoms with Gasteiger partial charge in [0.2, 0.25) is 0 Å². The second-order valence-electron chi connectivity index (χ2n) is 10.6. The molecule has 0 amide bonds. The quantitative estimate of drug-likeness (QED) is 0.201. The van der Waals surface area contributed by atoms with E-state index in [1.54, 1.807) is 22.7 Å². The number of para-hydroxylation sites is 1. The highest BCUT2D eigenvalue weighted by Crippen LogP contribution is 2.49. The van der Waals surface area contributed by atoms with Gasteiger partial charge in [-0.05, 0) is 18.2 Å². The zero-order valence-electron chi connectivity index (χ0n) is 27.4. The van der Waals surface area contributed by atoms with E-state index in [1.807, 2.05) is 24.3 Å². The van der Waals surface area contributed by atoms with Crippen LogP contribution in [0.4, 0.5) is 0 Å². The standard InChI is InChI=1S/C38H21N3S2/c1-2-12-22(13-3-1)37-39-33-27-18-8-11-21-30(27)43-36(33)38(40-37)41-28-19-9-6-16-25(28)31-32-26-17-7-10-20-29(26)42-35(32)24-15-5-4-14-23(24)34(31)41/h1-21H/i1D,2D,3D,12D,13D. The number of rotatable bonds is 2. The van der Waals surface area contributed by atoms with E-state index in [2.05, 4.69) is 77.4 Å². The Kier molecular flexibility index (Phi) is 3.88. The smallest absolute Gasteiger partial charge is 0.162 e. The molecule has 0 unspecified atom stereocenters. The Hall–Kier alpha value is -5.10. The van der Waals surface area contributed by atoms with Crippen molar-refractivity contribution in [2.75, 3.05) is 0 Å². The maximum atomic E-state index is 8.82. The average Bonchev–Trinajstić information content (AvgIpc) is 3.80. The molecule has 200 valence electrons. The summed E-state index contributed by atoms with van der Waals surface area (Å²) in [6, 6.07) is 31.5. The lowest BCUT2D eigenvalue weighted by molar-refractivity contribution is 1.08. The van der Waals surface area contributed by atoms with Gasteiger partial charge in [0.15, 0.2) is 11.6 Å². The van der Waals surface area contributed by atoms with Crippen molar-refractivity contribution >= 4 is 95.7 Å². The largest absolute Gasteiger partial charge is 0.292 e. The van der Waals surface area contributed by atoms with Crippen molar-refractivity contribution in [1.82, 2.24) is 14.5 Å². The Morgan fingerprint density at radius 2 is 1.19 bits per heavy atom. The van der Waals surface area contributed by atoms with Crippen LogP contribution in [0.25, 0.3) is 90.3 Å². The van der Waals surface area contributed by atoms with Gasteiger partial charge in [-0.2, -0.15) is 0 Å². The van der Waals surface area contributed by atoms with Crippen molar-refractivity contribution in [3.8, 4) is 17.2 Å². The molecule has 10 rings (SSSR count). The van der Waals surface area contributed by atoms with E-state index in [9.17, 15) is 0 Å². The van der Waals surface area contributed by atoms with Gasteiger partial charge < -0.3 is 0 Å². The van der Waals surface area contributed by atoms with Gasteiger partial charge in [0.1, 0.15) is 0 Å². The predicted octanol–water partition coefficient (Wildman–Crippen LogP) is 11.1. The van der Waals surface area contributed by atoms with Gasteiger partial charge >= 0.3 is 0 Å². The van der Waals surface area contributed by atoms with Crippen LogP contribution in [-0.4, -0.2) is 14.5 Å². The van der Waals surface area contributed by atoms with E-state index in [0.717, 1.165) is 47.4 Å². The molecule has 6 aromatic carbocycles. The van der Waals surface area contributed by atoms with Crippen molar-refractivity contribution in [2.24, 2.45) is 0 Å². The minimum absolute atomic E-state index is 0.0173. The maximum Gasteiger partial charge on any atom is 0.162 e. The normalized spacial score (nSPS) is 13.8. The SMILES string of the molecule is [2H]c1c([2H])c([2H])c(-c2nc(-n3c4ccccc4c4c5c6ccccc6sc5c5ccccc5c43)c3sc4ccccc4c3n2)c([2H])c1[2H]. The van der Waals surface area contributed by atoms with Crippen LogP contribution in [0.15, 0.2) is 127 Å². The molecular formula is C38H21N3S2. The lowest BCUT2D eigenvalue weighted by atomic mass is 10.00. The Morgan fingerprint density at radius 3 is 2.00 bits per heavy atom. The first-order chi connectivity index (χ1) is 23.4. The van der Waals surface area contributed by atoms with E-state index in [4.69, 9.17) is 16.8 Å². The summed E-state index contributed by atoms with van der Waals surface area (Å²) in [5.41, 5.74) is 2.63. The van der Waals surface area contributed by atoms with Crippen molar-refractivity contribution in [3.05, 3.63) is 127 Å². The van der Waals surface area contributed by atoms with Crippen LogP contribution in [0.3, 0.4) is 0 Å². The van der Waals surface area contributed by atoms with Gasteiger partial charge in [0, 0.05) is 57.4 Å². The number of hydrogen-bond acceptors (Lipinski definition) is 4. The molecule has 0 aliphatic carbocycles. The van der Waals surface area contributed by atoms with Gasteiger partial charge in [-0.15, -0.1) is 22.7 Å². The monoisotopic (exact) mass is 588 g/mol. The summed E-state index contributed by atoms with van der Waals surface area (Å²) in [6.45, 7) is 0. The topological polar surface area (TPSA) is 30.7 Å². The van der Waals surface area contributed by atoms with Crippen molar-refractivity contribution in [3.63, 3.8) is 0 Å². The fourth-order valence-electron chi connectivity index (χ4n) is 6.54. The molecule has 0 saturated heterocycles. The van der Waals surface area contributed by atoms with Crippen molar-refractivity contribution in [1.29, 1.82) is 0 Å². The van der Waals surface area contributed by atoms with Gasteiger partial charge in [-0.25, -0.2) is 9.97 Å². The number of nitrogens with zero attached hydrogens (tertiary/aromatic N) is 3. The summed E-state index contributed by atoms with van der Waals surface area (Å²) in [5, 5.41) is 7.78. The Morgan fingerprint density at radius 1 is 0.558 bits per heavy atom. The summed E-state index contributed by atoms with van der Waals surface area (Å²) >= 11 is 3.40. The lowest BCUT2D eigenvalue weighted by Gasteiger charge is -2.12. The summed E-state index contributed by atoms with van der Waals surface area (Å²) < 4.78 is 49.2. The molecule has 0 bridgehead atoms. The Labute approximate surface area is 260 Å². The highest BCUT2D eigenvalue weighted by atomic mass is 32.1. The van der Waals surface area contributed by atoms with Crippen molar-refractivity contribution < 1.29 is 6.85 Å². The number of benzene rings is 6. The van der Waals surface area contributed by atoms with Gasteiger partial charge in [0.25, 0.3) is 0 Å². The highest BCUT2D eigenvalue weighted by Gasteiger charge is 2.24. The molecule has 4 heterocycles. The molecule has 0 saturated carbocycles. The zero-order valence-corrected chi connectivity index (χ0v) is 24.0. The van der Waals surface area contributed by atoms with E-state index in [0.29, 0.717) is 11.3 Å².